The molecule has 0 aliphatic carbocycles. The van der Waals surface area contributed by atoms with Gasteiger partial charge in [-0.05, 0) is 7.05 Å². The van der Waals surface area contributed by atoms with Gasteiger partial charge in [0, 0.05) is 19.6 Å². The van der Waals surface area contributed by atoms with E-state index in [4.69, 9.17) is 10.6 Å². The first-order chi connectivity index (χ1) is 7.20. The van der Waals surface area contributed by atoms with Crippen LogP contribution in [0.4, 0.5) is 0 Å². The highest BCUT2D eigenvalue weighted by Crippen LogP contribution is 2.17. The lowest BCUT2D eigenvalue weighted by Crippen LogP contribution is -2.56. The van der Waals surface area contributed by atoms with E-state index in [2.05, 4.69) is 9.74 Å². The maximum absolute atomic E-state index is 11.9. The predicted octanol–water partition coefficient (Wildman–Crippen LogP) is -1.38. The molecule has 2 fully saturated rings. The van der Waals surface area contributed by atoms with E-state index >= 15 is 0 Å². The van der Waals surface area contributed by atoms with E-state index in [-0.39, 0.29) is 11.8 Å². The first-order valence-electron chi connectivity index (χ1n) is 5.15. The number of nitrogens with two attached hydrogens (primary N) is 1. The Morgan fingerprint density at radius 1 is 1.47 bits per heavy atom. The summed E-state index contributed by atoms with van der Waals surface area (Å²) in [5, 5.41) is 0. The van der Waals surface area contributed by atoms with Crippen LogP contribution in [-0.4, -0.2) is 61.8 Å². The molecule has 2 aliphatic rings. The van der Waals surface area contributed by atoms with Crippen LogP contribution < -0.4 is 5.90 Å². The van der Waals surface area contributed by atoms with Gasteiger partial charge in [0.2, 0.25) is 5.91 Å². The van der Waals surface area contributed by atoms with Crippen molar-refractivity contribution in [3.8, 4) is 0 Å². The average molecular weight is 215 g/mol. The van der Waals surface area contributed by atoms with Crippen molar-refractivity contribution in [2.24, 2.45) is 11.8 Å². The van der Waals surface area contributed by atoms with E-state index in [1.165, 1.54) is 0 Å². The third kappa shape index (κ3) is 2.28. The fourth-order valence-electron chi connectivity index (χ4n) is 2.01. The van der Waals surface area contributed by atoms with Gasteiger partial charge in [-0.25, -0.2) is 5.90 Å². The van der Waals surface area contributed by atoms with Gasteiger partial charge in [-0.15, -0.1) is 0 Å². The Bertz CT molecular complexity index is 243. The van der Waals surface area contributed by atoms with Crippen LogP contribution in [0.5, 0.6) is 0 Å². The van der Waals surface area contributed by atoms with Crippen LogP contribution in [0.1, 0.15) is 0 Å². The van der Waals surface area contributed by atoms with Crippen molar-refractivity contribution in [2.75, 3.05) is 39.8 Å². The van der Waals surface area contributed by atoms with Gasteiger partial charge in [-0.1, -0.05) is 0 Å². The molecule has 0 aromatic carbocycles. The summed E-state index contributed by atoms with van der Waals surface area (Å²) in [6, 6.07) is 0. The van der Waals surface area contributed by atoms with Crippen molar-refractivity contribution in [1.29, 1.82) is 0 Å². The van der Waals surface area contributed by atoms with Gasteiger partial charge < -0.3 is 14.5 Å². The molecule has 0 radical (unpaired) electrons. The van der Waals surface area contributed by atoms with Gasteiger partial charge in [-0.3, -0.25) is 9.63 Å². The Hall–Kier alpha value is -0.690. The zero-order chi connectivity index (χ0) is 10.8. The number of hydrogen-bond acceptors (Lipinski definition) is 5. The standard InChI is InChI=1S/C9H17N3O3/c1-11-4-7(5-11)9(13)12-2-3-14-8(6-12)15-10/h7-8H,2-6,10H2,1H3. The number of nitrogens with zero attached hydrogens (tertiary/aromatic N) is 2. The predicted molar refractivity (Wildman–Crippen MR) is 52.6 cm³/mol. The Kier molecular flexibility index (Phi) is 3.20. The summed E-state index contributed by atoms with van der Waals surface area (Å²) in [6.45, 7) is 3.28. The molecule has 0 aromatic heterocycles. The maximum Gasteiger partial charge on any atom is 0.228 e. The molecular formula is C9H17N3O3. The minimum absolute atomic E-state index is 0.145. The number of morpholine rings is 1. The molecule has 0 spiro atoms. The lowest BCUT2D eigenvalue weighted by molar-refractivity contribution is -0.190. The van der Waals surface area contributed by atoms with Crippen LogP contribution in [0, 0.1) is 5.92 Å². The Balaban J connectivity index is 1.84. The van der Waals surface area contributed by atoms with Crippen LogP contribution in [0.3, 0.4) is 0 Å². The number of amides is 1. The van der Waals surface area contributed by atoms with Gasteiger partial charge in [0.15, 0.2) is 6.29 Å². The molecular weight excluding hydrogens is 198 g/mol. The molecule has 15 heavy (non-hydrogen) atoms. The first kappa shape index (κ1) is 10.8. The van der Waals surface area contributed by atoms with Gasteiger partial charge in [-0.2, -0.15) is 0 Å². The molecule has 1 amide bonds. The van der Waals surface area contributed by atoms with Crippen LogP contribution in [0.25, 0.3) is 0 Å². The van der Waals surface area contributed by atoms with Gasteiger partial charge in [0.05, 0.1) is 19.1 Å². The second-order valence-corrected chi connectivity index (χ2v) is 4.14. The normalized spacial score (nSPS) is 28.9. The molecule has 1 atom stereocenters. The molecule has 0 aromatic rings. The lowest BCUT2D eigenvalue weighted by Gasteiger charge is -2.40. The van der Waals surface area contributed by atoms with Crippen molar-refractivity contribution in [2.45, 2.75) is 6.29 Å². The number of carbonyl (C=O) groups excluding carboxylic acids is 1. The lowest BCUT2D eigenvalue weighted by atomic mass is 9.99. The van der Waals surface area contributed by atoms with Gasteiger partial charge in [0.25, 0.3) is 0 Å². The Morgan fingerprint density at radius 3 is 2.80 bits per heavy atom. The molecule has 0 saturated carbocycles. The molecule has 1 unspecified atom stereocenters. The van der Waals surface area contributed by atoms with E-state index in [1.807, 2.05) is 7.05 Å². The van der Waals surface area contributed by atoms with Crippen LogP contribution in [-0.2, 0) is 14.4 Å². The molecule has 2 heterocycles. The summed E-state index contributed by atoms with van der Waals surface area (Å²) < 4.78 is 5.21. The molecule has 2 N–H and O–H groups in total. The summed E-state index contributed by atoms with van der Waals surface area (Å²) in [4.78, 5) is 20.4. The zero-order valence-corrected chi connectivity index (χ0v) is 8.89. The summed E-state index contributed by atoms with van der Waals surface area (Å²) in [7, 11) is 2.01. The highest BCUT2D eigenvalue weighted by molar-refractivity contribution is 5.80. The van der Waals surface area contributed by atoms with E-state index in [1.54, 1.807) is 4.90 Å². The van der Waals surface area contributed by atoms with E-state index in [0.29, 0.717) is 19.7 Å². The quantitative estimate of drug-likeness (QED) is 0.575. The van der Waals surface area contributed by atoms with Crippen LogP contribution in [0.15, 0.2) is 0 Å². The SMILES string of the molecule is CN1CC(C(=O)N2CCOC(ON)C2)C1. The minimum Gasteiger partial charge on any atom is -0.347 e. The molecule has 6 heteroatoms. The molecule has 86 valence electrons. The van der Waals surface area contributed by atoms with E-state index in [0.717, 1.165) is 13.1 Å². The maximum atomic E-state index is 11.9. The summed E-state index contributed by atoms with van der Waals surface area (Å²) in [5.41, 5.74) is 0. The number of ether oxygens (including phenoxy) is 1. The van der Waals surface area contributed by atoms with E-state index in [9.17, 15) is 4.79 Å². The number of rotatable bonds is 2. The number of carbonyl (C=O) groups is 1. The topological polar surface area (TPSA) is 68.0 Å². The number of likely N-dealkylation sites (tertiary alicyclic amines) is 1. The van der Waals surface area contributed by atoms with Crippen molar-refractivity contribution in [3.63, 3.8) is 0 Å². The van der Waals surface area contributed by atoms with Crippen LogP contribution in [0.2, 0.25) is 0 Å². The first-order valence-corrected chi connectivity index (χ1v) is 5.15. The van der Waals surface area contributed by atoms with Crippen molar-refractivity contribution in [1.82, 2.24) is 9.80 Å². The second-order valence-electron chi connectivity index (χ2n) is 4.14. The van der Waals surface area contributed by atoms with Gasteiger partial charge >= 0.3 is 0 Å². The second kappa shape index (κ2) is 4.44. The zero-order valence-electron chi connectivity index (χ0n) is 8.89. The Morgan fingerprint density at radius 2 is 2.20 bits per heavy atom. The molecule has 6 nitrogen and oxygen atoms in total. The smallest absolute Gasteiger partial charge is 0.228 e. The number of hydrogen-bond donors (Lipinski definition) is 1. The van der Waals surface area contributed by atoms with Crippen LogP contribution >= 0.6 is 0 Å². The largest absolute Gasteiger partial charge is 0.347 e. The average Bonchev–Trinajstić information content (AvgIpc) is 2.24. The van der Waals surface area contributed by atoms with Crippen molar-refractivity contribution >= 4 is 5.91 Å². The molecule has 2 saturated heterocycles. The van der Waals surface area contributed by atoms with E-state index < -0.39 is 6.29 Å². The minimum atomic E-state index is -0.472. The fourth-order valence-corrected chi connectivity index (χ4v) is 2.01. The molecule has 2 rings (SSSR count). The monoisotopic (exact) mass is 215 g/mol. The summed E-state index contributed by atoms with van der Waals surface area (Å²) in [5.74, 6) is 5.38. The summed E-state index contributed by atoms with van der Waals surface area (Å²) >= 11 is 0. The summed E-state index contributed by atoms with van der Waals surface area (Å²) in [6.07, 6.45) is -0.472. The van der Waals surface area contributed by atoms with Crippen molar-refractivity contribution in [3.05, 3.63) is 0 Å². The Labute approximate surface area is 88.8 Å². The fraction of sp³-hybridized carbons (Fsp3) is 0.889. The van der Waals surface area contributed by atoms with Crippen molar-refractivity contribution < 1.29 is 14.4 Å². The van der Waals surface area contributed by atoms with Gasteiger partial charge in [0.1, 0.15) is 0 Å². The third-order valence-electron chi connectivity index (χ3n) is 2.91. The third-order valence-corrected chi connectivity index (χ3v) is 2.91. The molecule has 2 aliphatic heterocycles. The highest BCUT2D eigenvalue weighted by atomic mass is 16.8. The highest BCUT2D eigenvalue weighted by Gasteiger charge is 2.35. The molecule has 0 bridgehead atoms.